The molecule has 0 aliphatic carbocycles. The van der Waals surface area contributed by atoms with E-state index in [1.165, 1.54) is 22.5 Å². The first kappa shape index (κ1) is 25.6. The van der Waals surface area contributed by atoms with Crippen molar-refractivity contribution in [2.24, 2.45) is 5.92 Å². The molecular formula is C27H32FN5O3S. The zero-order valence-electron chi connectivity index (χ0n) is 20.9. The van der Waals surface area contributed by atoms with Gasteiger partial charge in [-0.1, -0.05) is 31.2 Å². The number of anilines is 1. The molecule has 3 heterocycles. The Morgan fingerprint density at radius 2 is 1.95 bits per heavy atom. The van der Waals surface area contributed by atoms with Gasteiger partial charge in [-0.15, -0.1) is 0 Å². The second-order valence-electron chi connectivity index (χ2n) is 9.59. The minimum Gasteiger partial charge on any atom is -0.382 e. The normalized spacial score (nSPS) is 16.5. The first-order chi connectivity index (χ1) is 17.9. The lowest BCUT2D eigenvalue weighted by molar-refractivity contribution is 0.0847. The monoisotopic (exact) mass is 525 g/mol. The van der Waals surface area contributed by atoms with Gasteiger partial charge in [0, 0.05) is 25.1 Å². The van der Waals surface area contributed by atoms with Crippen molar-refractivity contribution < 1.29 is 17.5 Å². The maximum atomic E-state index is 13.5. The summed E-state index contributed by atoms with van der Waals surface area (Å²) in [6.07, 6.45) is 5.09. The Morgan fingerprint density at radius 1 is 1.16 bits per heavy atom. The molecule has 0 spiro atoms. The molecule has 0 amide bonds. The molecule has 1 atom stereocenters. The van der Waals surface area contributed by atoms with Crippen molar-refractivity contribution in [2.45, 2.75) is 43.5 Å². The molecule has 5 rings (SSSR count). The first-order valence-corrected chi connectivity index (χ1v) is 14.2. The predicted octanol–water partition coefficient (Wildman–Crippen LogP) is 4.76. The average Bonchev–Trinajstić information content (AvgIpc) is 3.35. The number of pyridine rings is 1. The highest BCUT2D eigenvalue weighted by molar-refractivity contribution is 7.89. The molecule has 0 radical (unpaired) electrons. The Morgan fingerprint density at radius 3 is 2.70 bits per heavy atom. The summed E-state index contributed by atoms with van der Waals surface area (Å²) in [6.45, 7) is 4.15. The van der Waals surface area contributed by atoms with Crippen LogP contribution in [0, 0.1) is 11.7 Å². The zero-order valence-corrected chi connectivity index (χ0v) is 21.7. The van der Waals surface area contributed by atoms with Crippen LogP contribution in [0.3, 0.4) is 0 Å². The Hall–Kier alpha value is -3.08. The number of benzene rings is 2. The van der Waals surface area contributed by atoms with Crippen molar-refractivity contribution in [1.82, 2.24) is 18.8 Å². The molecule has 0 unspecified atom stereocenters. The fourth-order valence-electron chi connectivity index (χ4n) is 5.13. The number of nitrogens with zero attached hydrogens (tertiary/aromatic N) is 4. The van der Waals surface area contributed by atoms with Gasteiger partial charge in [0.05, 0.1) is 34.9 Å². The minimum absolute atomic E-state index is 0.0113. The van der Waals surface area contributed by atoms with Gasteiger partial charge in [0.2, 0.25) is 10.0 Å². The number of ether oxygens (including phenoxy) is 1. The SMILES string of the molecule is CC[C@H](COCCC1CCN(S(=O)(=O)c2cccc(F)c2)CC1)n1cnc2c(N)nc3ccccc3c21. The minimum atomic E-state index is -3.67. The van der Waals surface area contributed by atoms with Gasteiger partial charge in [-0.05, 0) is 55.9 Å². The number of imidazole rings is 1. The van der Waals surface area contributed by atoms with E-state index in [4.69, 9.17) is 10.5 Å². The molecule has 196 valence electrons. The Balaban J connectivity index is 1.16. The second-order valence-corrected chi connectivity index (χ2v) is 11.5. The van der Waals surface area contributed by atoms with Crippen LogP contribution < -0.4 is 5.73 Å². The Kier molecular flexibility index (Phi) is 7.41. The number of sulfonamides is 1. The third-order valence-electron chi connectivity index (χ3n) is 7.29. The van der Waals surface area contributed by atoms with Gasteiger partial charge in [0.15, 0.2) is 5.82 Å². The largest absolute Gasteiger partial charge is 0.382 e. The van der Waals surface area contributed by atoms with Gasteiger partial charge in [-0.3, -0.25) is 0 Å². The van der Waals surface area contributed by atoms with Crippen LogP contribution in [0.2, 0.25) is 0 Å². The number of aromatic nitrogens is 3. The van der Waals surface area contributed by atoms with Gasteiger partial charge in [-0.2, -0.15) is 4.31 Å². The Bertz CT molecular complexity index is 1500. The lowest BCUT2D eigenvalue weighted by Gasteiger charge is -2.31. The number of hydrogen-bond donors (Lipinski definition) is 1. The lowest BCUT2D eigenvalue weighted by atomic mass is 9.95. The zero-order chi connectivity index (χ0) is 26.0. The molecule has 1 fully saturated rings. The number of para-hydroxylation sites is 1. The molecular weight excluding hydrogens is 493 g/mol. The molecule has 4 aromatic rings. The van der Waals surface area contributed by atoms with E-state index in [2.05, 4.69) is 21.5 Å². The third-order valence-corrected chi connectivity index (χ3v) is 9.18. The number of nitrogens with two attached hydrogens (primary N) is 1. The maximum absolute atomic E-state index is 13.5. The van der Waals surface area contributed by atoms with E-state index in [0.29, 0.717) is 43.6 Å². The summed E-state index contributed by atoms with van der Waals surface area (Å²) in [5.41, 5.74) is 8.71. The van der Waals surface area contributed by atoms with Gasteiger partial charge in [0.25, 0.3) is 0 Å². The summed E-state index contributed by atoms with van der Waals surface area (Å²) in [4.78, 5) is 9.03. The van der Waals surface area contributed by atoms with Crippen molar-refractivity contribution >= 4 is 37.8 Å². The first-order valence-electron chi connectivity index (χ1n) is 12.7. The fraction of sp³-hybridized carbons (Fsp3) is 0.407. The fourth-order valence-corrected chi connectivity index (χ4v) is 6.63. The van der Waals surface area contributed by atoms with Crippen LogP contribution in [0.15, 0.2) is 59.8 Å². The van der Waals surface area contributed by atoms with E-state index in [0.717, 1.165) is 48.2 Å². The molecule has 8 nitrogen and oxygen atoms in total. The number of piperidine rings is 1. The molecule has 0 saturated carbocycles. The van der Waals surface area contributed by atoms with Crippen LogP contribution in [0.1, 0.15) is 38.6 Å². The van der Waals surface area contributed by atoms with Crippen molar-refractivity contribution in [1.29, 1.82) is 0 Å². The van der Waals surface area contributed by atoms with Crippen molar-refractivity contribution in [2.75, 3.05) is 32.0 Å². The number of rotatable bonds is 9. The van der Waals surface area contributed by atoms with Gasteiger partial charge >= 0.3 is 0 Å². The standard InChI is InChI=1S/C27H32FN5O3S/c1-2-21(33-18-30-25-26(33)23-8-3-4-9-24(23)31-27(25)29)17-36-15-12-19-10-13-32(14-11-19)37(34,35)22-7-5-6-20(28)16-22/h3-9,16,18-19,21H,2,10-15,17H2,1H3,(H2,29,31)/t21-/m1/s1. The molecule has 37 heavy (non-hydrogen) atoms. The smallest absolute Gasteiger partial charge is 0.243 e. The summed E-state index contributed by atoms with van der Waals surface area (Å²) in [5.74, 6) is 0.271. The molecule has 2 N–H and O–H groups in total. The highest BCUT2D eigenvalue weighted by atomic mass is 32.2. The van der Waals surface area contributed by atoms with E-state index < -0.39 is 15.8 Å². The molecule has 1 aliphatic heterocycles. The highest BCUT2D eigenvalue weighted by Gasteiger charge is 2.29. The summed E-state index contributed by atoms with van der Waals surface area (Å²) in [6, 6.07) is 13.2. The molecule has 0 bridgehead atoms. The molecule has 2 aromatic carbocycles. The van der Waals surface area contributed by atoms with E-state index in [1.807, 2.05) is 30.6 Å². The van der Waals surface area contributed by atoms with Crippen LogP contribution in [-0.2, 0) is 14.8 Å². The van der Waals surface area contributed by atoms with E-state index >= 15 is 0 Å². The maximum Gasteiger partial charge on any atom is 0.243 e. The van der Waals surface area contributed by atoms with Gasteiger partial charge in [-0.25, -0.2) is 22.8 Å². The topological polar surface area (TPSA) is 103 Å². The summed E-state index contributed by atoms with van der Waals surface area (Å²) in [5, 5.41) is 1.02. The van der Waals surface area contributed by atoms with Gasteiger partial charge < -0.3 is 15.0 Å². The van der Waals surface area contributed by atoms with Crippen molar-refractivity contribution in [3.05, 3.63) is 60.7 Å². The van der Waals surface area contributed by atoms with Crippen LogP contribution in [0.5, 0.6) is 0 Å². The second kappa shape index (κ2) is 10.7. The van der Waals surface area contributed by atoms with Crippen LogP contribution >= 0.6 is 0 Å². The average molecular weight is 526 g/mol. The number of halogens is 1. The number of fused-ring (bicyclic) bond motifs is 3. The predicted molar refractivity (Wildman–Crippen MR) is 142 cm³/mol. The summed E-state index contributed by atoms with van der Waals surface area (Å²) in [7, 11) is -3.67. The molecule has 1 aliphatic rings. The summed E-state index contributed by atoms with van der Waals surface area (Å²) >= 11 is 0. The van der Waals surface area contributed by atoms with Gasteiger partial charge in [0.1, 0.15) is 11.3 Å². The summed E-state index contributed by atoms with van der Waals surface area (Å²) < 4.78 is 48.9. The molecule has 10 heteroatoms. The number of hydrogen-bond acceptors (Lipinski definition) is 6. The van der Waals surface area contributed by atoms with Crippen LogP contribution in [-0.4, -0.2) is 53.6 Å². The van der Waals surface area contributed by atoms with Crippen LogP contribution in [0.25, 0.3) is 21.9 Å². The van der Waals surface area contributed by atoms with E-state index in [1.54, 1.807) is 0 Å². The Labute approximate surface area is 216 Å². The molecule has 2 aromatic heterocycles. The van der Waals surface area contributed by atoms with Crippen LogP contribution in [0.4, 0.5) is 10.2 Å². The van der Waals surface area contributed by atoms with E-state index in [9.17, 15) is 12.8 Å². The third kappa shape index (κ3) is 5.18. The van der Waals surface area contributed by atoms with E-state index in [-0.39, 0.29) is 10.9 Å². The quantitative estimate of drug-likeness (QED) is 0.316. The lowest BCUT2D eigenvalue weighted by Crippen LogP contribution is -2.38. The van der Waals surface area contributed by atoms with Crippen molar-refractivity contribution in [3.8, 4) is 0 Å². The molecule has 1 saturated heterocycles. The van der Waals surface area contributed by atoms with Crippen molar-refractivity contribution in [3.63, 3.8) is 0 Å². The number of nitrogen functional groups attached to an aromatic ring is 1. The highest BCUT2D eigenvalue weighted by Crippen LogP contribution is 2.30.